The number of unbranched alkanes of at least 4 members (excludes halogenated alkanes) is 1. The molecule has 1 aliphatic heterocycles. The molecule has 0 bridgehead atoms. The molecule has 2 heterocycles. The Labute approximate surface area is 252 Å². The third-order valence-corrected chi connectivity index (χ3v) is 7.86. The Morgan fingerprint density at radius 2 is 1.86 bits per heavy atom. The Morgan fingerprint density at radius 1 is 1.07 bits per heavy atom. The van der Waals surface area contributed by atoms with E-state index in [4.69, 9.17) is 11.6 Å². The molecule has 0 aliphatic carbocycles. The van der Waals surface area contributed by atoms with Crippen LogP contribution in [0.5, 0.6) is 0 Å². The molecule has 42 heavy (non-hydrogen) atoms. The lowest BCUT2D eigenvalue weighted by atomic mass is 9.85. The minimum atomic E-state index is -0.455. The first-order valence-electron chi connectivity index (χ1n) is 14.5. The lowest BCUT2D eigenvalue weighted by molar-refractivity contribution is -0.117. The Balaban J connectivity index is 1.50. The molecule has 3 amide bonds. The molecule has 218 valence electrons. The van der Waals surface area contributed by atoms with Crippen LogP contribution in [0, 0.1) is 0 Å². The molecule has 1 aliphatic rings. The number of halogens is 1. The fourth-order valence-corrected chi connectivity index (χ4v) is 5.78. The molecule has 1 unspecified atom stereocenters. The molecule has 0 radical (unpaired) electrons. The van der Waals surface area contributed by atoms with Gasteiger partial charge in [0.25, 0.3) is 0 Å². The highest BCUT2D eigenvalue weighted by Gasteiger charge is 2.39. The highest BCUT2D eigenvalue weighted by Crippen LogP contribution is 2.42. The number of benzene rings is 3. The van der Waals surface area contributed by atoms with E-state index in [0.717, 1.165) is 52.3 Å². The van der Waals surface area contributed by atoms with Crippen LogP contribution in [0.2, 0.25) is 5.02 Å². The van der Waals surface area contributed by atoms with Gasteiger partial charge in [0.1, 0.15) is 12.4 Å². The predicted octanol–water partition coefficient (Wildman–Crippen LogP) is 7.72. The second kappa shape index (κ2) is 12.4. The van der Waals surface area contributed by atoms with Crippen molar-refractivity contribution in [3.05, 3.63) is 112 Å². The summed E-state index contributed by atoms with van der Waals surface area (Å²) < 4.78 is 0. The van der Waals surface area contributed by atoms with E-state index in [1.165, 1.54) is 0 Å². The quantitative estimate of drug-likeness (QED) is 0.212. The van der Waals surface area contributed by atoms with Crippen LogP contribution in [0.25, 0.3) is 0 Å². The van der Waals surface area contributed by atoms with Crippen molar-refractivity contribution in [3.63, 3.8) is 0 Å². The molecule has 0 spiro atoms. The van der Waals surface area contributed by atoms with Crippen LogP contribution in [0.4, 0.5) is 16.2 Å². The summed E-state index contributed by atoms with van der Waals surface area (Å²) in [5, 5.41) is 3.75. The lowest BCUT2D eigenvalue weighted by Gasteiger charge is -2.43. The van der Waals surface area contributed by atoms with Crippen molar-refractivity contribution in [3.8, 4) is 0 Å². The number of nitrogens with one attached hydrogen (secondary N) is 2. The molecule has 1 atom stereocenters. The number of hydrogen-bond donors (Lipinski definition) is 2. The molecular formula is C34H38ClN5O2. The smallest absolute Gasteiger partial charge is 0.325 e. The molecular weight excluding hydrogens is 546 g/mol. The van der Waals surface area contributed by atoms with Gasteiger partial charge in [-0.1, -0.05) is 88.2 Å². The number of H-pyrrole nitrogens is 1. The van der Waals surface area contributed by atoms with E-state index < -0.39 is 6.04 Å². The van der Waals surface area contributed by atoms with Gasteiger partial charge in [-0.25, -0.2) is 9.78 Å². The van der Waals surface area contributed by atoms with Crippen LogP contribution in [-0.2, 0) is 16.6 Å². The summed E-state index contributed by atoms with van der Waals surface area (Å²) in [5.41, 5.74) is 5.25. The van der Waals surface area contributed by atoms with Crippen molar-refractivity contribution >= 4 is 34.9 Å². The van der Waals surface area contributed by atoms with Gasteiger partial charge in [-0.05, 0) is 52.8 Å². The second-order valence-corrected chi connectivity index (χ2v) is 12.3. The van der Waals surface area contributed by atoms with Crippen LogP contribution in [0.3, 0.4) is 0 Å². The van der Waals surface area contributed by atoms with E-state index in [9.17, 15) is 9.59 Å². The molecule has 4 aromatic rings. The molecule has 8 heteroatoms. The van der Waals surface area contributed by atoms with E-state index in [1.807, 2.05) is 54.6 Å². The molecule has 0 fully saturated rings. The summed E-state index contributed by atoms with van der Waals surface area (Å²) in [7, 11) is 0. The van der Waals surface area contributed by atoms with Crippen LogP contribution in [-0.4, -0.2) is 39.9 Å². The van der Waals surface area contributed by atoms with Crippen molar-refractivity contribution in [1.82, 2.24) is 14.9 Å². The summed E-state index contributed by atoms with van der Waals surface area (Å²) in [5.74, 6) is 0.593. The molecule has 3 aromatic carbocycles. The highest BCUT2D eigenvalue weighted by molar-refractivity contribution is 6.30. The first kappa shape index (κ1) is 29.4. The summed E-state index contributed by atoms with van der Waals surface area (Å²) in [6.07, 6.45) is 5.94. The molecule has 0 saturated heterocycles. The summed E-state index contributed by atoms with van der Waals surface area (Å²) >= 11 is 6.50. The van der Waals surface area contributed by atoms with Crippen molar-refractivity contribution in [2.24, 2.45) is 0 Å². The summed E-state index contributed by atoms with van der Waals surface area (Å²) in [4.78, 5) is 38.9. The number of imidazole rings is 1. The minimum absolute atomic E-state index is 0.112. The number of fused-ring (bicyclic) bond motifs is 1. The number of nitrogens with zero attached hydrogens (tertiary/aromatic N) is 3. The highest BCUT2D eigenvalue weighted by atomic mass is 35.5. The molecule has 2 N–H and O–H groups in total. The Morgan fingerprint density at radius 3 is 2.55 bits per heavy atom. The maximum atomic E-state index is 14.1. The van der Waals surface area contributed by atoms with Gasteiger partial charge in [0.05, 0.1) is 11.7 Å². The largest absolute Gasteiger partial charge is 0.348 e. The average Bonchev–Trinajstić information content (AvgIpc) is 3.46. The van der Waals surface area contributed by atoms with E-state index >= 15 is 0 Å². The average molecular weight is 584 g/mol. The Kier molecular flexibility index (Phi) is 8.69. The van der Waals surface area contributed by atoms with Gasteiger partial charge in [-0.2, -0.15) is 0 Å². The number of hydrogen-bond acceptors (Lipinski definition) is 3. The number of amides is 3. The SMILES string of the molecule is CCCCN1C(=O)N(CC(=O)Nc2cc(Cc3ncc[nH]3)ccc2C(C)(C)C)C(c2ccccc2)c2cc(Cl)ccc21. The van der Waals surface area contributed by atoms with E-state index in [2.05, 4.69) is 55.1 Å². The van der Waals surface area contributed by atoms with Gasteiger partial charge in [0.15, 0.2) is 0 Å². The van der Waals surface area contributed by atoms with Crippen molar-refractivity contribution in [2.75, 3.05) is 23.3 Å². The minimum Gasteiger partial charge on any atom is -0.348 e. The van der Waals surface area contributed by atoms with Gasteiger partial charge < -0.3 is 15.2 Å². The zero-order chi connectivity index (χ0) is 29.9. The molecule has 7 nitrogen and oxygen atoms in total. The third kappa shape index (κ3) is 6.36. The van der Waals surface area contributed by atoms with Crippen LogP contribution >= 0.6 is 11.6 Å². The number of aromatic nitrogens is 2. The normalized spacial score (nSPS) is 15.1. The number of aromatic amines is 1. The van der Waals surface area contributed by atoms with Crippen LogP contribution in [0.15, 0.2) is 79.1 Å². The predicted molar refractivity (Wildman–Crippen MR) is 169 cm³/mol. The molecule has 0 saturated carbocycles. The van der Waals surface area contributed by atoms with Crippen LogP contribution in [0.1, 0.15) is 74.7 Å². The number of rotatable bonds is 9. The van der Waals surface area contributed by atoms with E-state index in [-0.39, 0.29) is 23.9 Å². The lowest BCUT2D eigenvalue weighted by Crippen LogP contribution is -2.52. The van der Waals surface area contributed by atoms with Crippen molar-refractivity contribution < 1.29 is 9.59 Å². The number of anilines is 2. The first-order chi connectivity index (χ1) is 20.2. The number of carbonyl (C=O) groups is 2. The monoisotopic (exact) mass is 583 g/mol. The maximum Gasteiger partial charge on any atom is 0.325 e. The first-order valence-corrected chi connectivity index (χ1v) is 14.9. The fourth-order valence-electron chi connectivity index (χ4n) is 5.60. The topological polar surface area (TPSA) is 81.3 Å². The van der Waals surface area contributed by atoms with Crippen LogP contribution < -0.4 is 10.2 Å². The number of urea groups is 1. The van der Waals surface area contributed by atoms with E-state index in [1.54, 1.807) is 22.2 Å². The third-order valence-electron chi connectivity index (χ3n) is 7.62. The number of carbonyl (C=O) groups excluding carboxylic acids is 2. The standard InChI is InChI=1S/C34H38ClN5O2/c1-5-6-18-39-29-15-13-25(35)21-26(29)32(24-10-8-7-9-11-24)40(33(39)42)22-31(41)38-28-19-23(20-30-36-16-17-37-30)12-14-27(28)34(2,3)4/h7-17,19,21,32H,5-6,18,20,22H2,1-4H3,(H,36,37)(H,38,41). The fraction of sp³-hybridized carbons (Fsp3) is 0.324. The summed E-state index contributed by atoms with van der Waals surface area (Å²) in [6.45, 7) is 8.91. The zero-order valence-electron chi connectivity index (χ0n) is 24.7. The van der Waals surface area contributed by atoms with Crippen molar-refractivity contribution in [2.45, 2.75) is 58.4 Å². The van der Waals surface area contributed by atoms with Gasteiger partial charge in [0, 0.05) is 41.6 Å². The van der Waals surface area contributed by atoms with Gasteiger partial charge >= 0.3 is 6.03 Å². The molecule has 5 rings (SSSR count). The van der Waals surface area contributed by atoms with E-state index in [0.29, 0.717) is 18.0 Å². The Bertz CT molecular complexity index is 1550. The second-order valence-electron chi connectivity index (χ2n) is 11.8. The van der Waals surface area contributed by atoms with Gasteiger partial charge in [-0.3, -0.25) is 9.69 Å². The van der Waals surface area contributed by atoms with Gasteiger partial charge in [0.2, 0.25) is 5.91 Å². The molecule has 1 aromatic heterocycles. The Hall–Kier alpha value is -4.10. The maximum absolute atomic E-state index is 14.1. The zero-order valence-corrected chi connectivity index (χ0v) is 25.4. The van der Waals surface area contributed by atoms with Crippen molar-refractivity contribution in [1.29, 1.82) is 0 Å². The van der Waals surface area contributed by atoms with Gasteiger partial charge in [-0.15, -0.1) is 0 Å². The summed E-state index contributed by atoms with van der Waals surface area (Å²) in [6, 6.07) is 21.0.